The van der Waals surface area contributed by atoms with E-state index in [1.54, 1.807) is 0 Å². The molecule has 12 aromatic rings. The van der Waals surface area contributed by atoms with E-state index in [9.17, 15) is 0 Å². The minimum atomic E-state index is 0.595. The fraction of sp³-hybridized carbons (Fsp3) is 0. The number of rotatable bonds is 4. The van der Waals surface area contributed by atoms with Gasteiger partial charge in [0.05, 0.1) is 16.7 Å². The molecule has 5 nitrogen and oxygen atoms in total. The molecule has 0 atom stereocenters. The summed E-state index contributed by atoms with van der Waals surface area (Å²) in [7, 11) is 0. The SMILES string of the molecule is c1ccc(-c2nc(-c3ccc4ccccc4c3)nc(-c3cccc4oc5cc(-n6c7ccccc7c7cc8ccccc8cc76)c6ccccc6c5c34)n2)cc1. The third-order valence-corrected chi connectivity index (χ3v) is 11.2. The van der Waals surface area contributed by atoms with Crippen LogP contribution in [0.15, 0.2) is 186 Å². The van der Waals surface area contributed by atoms with E-state index < -0.39 is 0 Å². The number of benzene rings is 9. The van der Waals surface area contributed by atoms with Crippen molar-refractivity contribution in [3.8, 4) is 39.9 Å². The fourth-order valence-corrected chi connectivity index (χ4v) is 8.62. The van der Waals surface area contributed by atoms with Crippen LogP contribution in [0, 0.1) is 0 Å². The Labute approximate surface area is 320 Å². The van der Waals surface area contributed by atoms with Crippen molar-refractivity contribution in [1.82, 2.24) is 19.5 Å². The van der Waals surface area contributed by atoms with Crippen molar-refractivity contribution < 1.29 is 4.42 Å². The summed E-state index contributed by atoms with van der Waals surface area (Å²) in [5.74, 6) is 1.84. The molecule has 260 valence electrons. The van der Waals surface area contributed by atoms with Gasteiger partial charge >= 0.3 is 0 Å². The number of nitrogens with zero attached hydrogens (tertiary/aromatic N) is 4. The van der Waals surface area contributed by atoms with Gasteiger partial charge in [0.15, 0.2) is 17.5 Å². The lowest BCUT2D eigenvalue weighted by atomic mass is 9.99. The van der Waals surface area contributed by atoms with Crippen LogP contribution in [0.5, 0.6) is 0 Å². The van der Waals surface area contributed by atoms with Crippen molar-refractivity contribution in [2.75, 3.05) is 0 Å². The minimum absolute atomic E-state index is 0.595. The van der Waals surface area contributed by atoms with Crippen LogP contribution in [-0.4, -0.2) is 19.5 Å². The second kappa shape index (κ2) is 11.9. The Bertz CT molecular complexity index is 3540. The molecule has 3 heterocycles. The average molecular weight is 715 g/mol. The summed E-state index contributed by atoms with van der Waals surface area (Å²) in [5, 5.41) is 11.4. The fourth-order valence-electron chi connectivity index (χ4n) is 8.62. The molecule has 0 unspecified atom stereocenters. The predicted molar refractivity (Wildman–Crippen MR) is 230 cm³/mol. The van der Waals surface area contributed by atoms with Gasteiger partial charge in [0, 0.05) is 49.7 Å². The maximum atomic E-state index is 6.85. The Kier molecular flexibility index (Phi) is 6.56. The van der Waals surface area contributed by atoms with Crippen LogP contribution in [0.4, 0.5) is 0 Å². The third-order valence-electron chi connectivity index (χ3n) is 11.2. The zero-order chi connectivity index (χ0) is 36.7. The Balaban J connectivity index is 1.14. The first-order valence-electron chi connectivity index (χ1n) is 18.9. The van der Waals surface area contributed by atoms with Gasteiger partial charge in [0.25, 0.3) is 0 Å². The van der Waals surface area contributed by atoms with Gasteiger partial charge in [-0.3, -0.25) is 0 Å². The monoisotopic (exact) mass is 714 g/mol. The van der Waals surface area contributed by atoms with Crippen LogP contribution in [0.2, 0.25) is 0 Å². The van der Waals surface area contributed by atoms with Crippen LogP contribution < -0.4 is 0 Å². The Hall–Kier alpha value is -7.63. The van der Waals surface area contributed by atoms with E-state index in [0.717, 1.165) is 71.5 Å². The summed E-state index contributed by atoms with van der Waals surface area (Å²) >= 11 is 0. The van der Waals surface area contributed by atoms with E-state index in [-0.39, 0.29) is 0 Å². The van der Waals surface area contributed by atoms with Crippen molar-refractivity contribution in [1.29, 1.82) is 0 Å². The summed E-state index contributed by atoms with van der Waals surface area (Å²) in [4.78, 5) is 15.4. The third kappa shape index (κ3) is 4.64. The highest BCUT2D eigenvalue weighted by molar-refractivity contribution is 6.25. The minimum Gasteiger partial charge on any atom is -0.456 e. The molecular formula is C51H30N4O. The highest BCUT2D eigenvalue weighted by Crippen LogP contribution is 2.44. The van der Waals surface area contributed by atoms with Gasteiger partial charge < -0.3 is 8.98 Å². The van der Waals surface area contributed by atoms with Gasteiger partial charge in [-0.2, -0.15) is 0 Å². The first-order valence-corrected chi connectivity index (χ1v) is 18.9. The summed E-state index contributed by atoms with van der Waals surface area (Å²) < 4.78 is 9.25. The van der Waals surface area contributed by atoms with Gasteiger partial charge in [-0.15, -0.1) is 0 Å². The maximum absolute atomic E-state index is 6.85. The molecule has 0 radical (unpaired) electrons. The lowest BCUT2D eigenvalue weighted by Gasteiger charge is -2.13. The molecule has 0 amide bonds. The summed E-state index contributed by atoms with van der Waals surface area (Å²) in [6.45, 7) is 0. The Morgan fingerprint density at radius 2 is 1.00 bits per heavy atom. The van der Waals surface area contributed by atoms with Gasteiger partial charge in [-0.05, 0) is 57.3 Å². The maximum Gasteiger partial charge on any atom is 0.164 e. The molecular weight excluding hydrogens is 685 g/mol. The van der Waals surface area contributed by atoms with Gasteiger partial charge in [0.2, 0.25) is 0 Å². The van der Waals surface area contributed by atoms with Gasteiger partial charge in [-0.1, -0.05) is 146 Å². The van der Waals surface area contributed by atoms with Crippen molar-refractivity contribution in [3.05, 3.63) is 182 Å². The van der Waals surface area contributed by atoms with E-state index in [1.165, 1.54) is 26.9 Å². The molecule has 0 aliphatic heterocycles. The smallest absolute Gasteiger partial charge is 0.164 e. The lowest BCUT2D eigenvalue weighted by molar-refractivity contribution is 0.669. The van der Waals surface area contributed by atoms with E-state index in [4.69, 9.17) is 19.4 Å². The van der Waals surface area contributed by atoms with E-state index in [0.29, 0.717) is 17.5 Å². The van der Waals surface area contributed by atoms with Crippen molar-refractivity contribution in [2.24, 2.45) is 0 Å². The van der Waals surface area contributed by atoms with Crippen molar-refractivity contribution in [3.63, 3.8) is 0 Å². The number of furan rings is 1. The molecule has 9 aromatic carbocycles. The largest absolute Gasteiger partial charge is 0.456 e. The molecule has 0 N–H and O–H groups in total. The number of para-hydroxylation sites is 1. The molecule has 3 aromatic heterocycles. The van der Waals surface area contributed by atoms with Crippen molar-refractivity contribution in [2.45, 2.75) is 0 Å². The second-order valence-electron chi connectivity index (χ2n) is 14.4. The number of fused-ring (bicyclic) bond motifs is 10. The van der Waals surface area contributed by atoms with Crippen LogP contribution in [0.3, 0.4) is 0 Å². The molecule has 12 rings (SSSR count). The van der Waals surface area contributed by atoms with Crippen LogP contribution in [0.25, 0.3) is 116 Å². The topological polar surface area (TPSA) is 56.7 Å². The van der Waals surface area contributed by atoms with Crippen LogP contribution in [0.1, 0.15) is 0 Å². The quantitative estimate of drug-likeness (QED) is 0.182. The molecule has 56 heavy (non-hydrogen) atoms. The van der Waals surface area contributed by atoms with E-state index >= 15 is 0 Å². The molecule has 0 bridgehead atoms. The molecule has 5 heteroatoms. The second-order valence-corrected chi connectivity index (χ2v) is 14.4. The van der Waals surface area contributed by atoms with Crippen molar-refractivity contribution >= 4 is 76.1 Å². The molecule has 0 fully saturated rings. The molecule has 0 aliphatic carbocycles. The Morgan fingerprint density at radius 3 is 1.82 bits per heavy atom. The highest BCUT2D eigenvalue weighted by atomic mass is 16.3. The molecule has 0 saturated carbocycles. The normalized spacial score (nSPS) is 11.9. The average Bonchev–Trinajstić information content (AvgIpc) is 3.80. The van der Waals surface area contributed by atoms with Crippen LogP contribution in [-0.2, 0) is 0 Å². The first-order chi connectivity index (χ1) is 27.7. The van der Waals surface area contributed by atoms with E-state index in [2.05, 4.69) is 144 Å². The highest BCUT2D eigenvalue weighted by Gasteiger charge is 2.22. The molecule has 0 aliphatic rings. The zero-order valence-electron chi connectivity index (χ0n) is 30.0. The first kappa shape index (κ1) is 30.8. The van der Waals surface area contributed by atoms with Gasteiger partial charge in [-0.25, -0.2) is 15.0 Å². The van der Waals surface area contributed by atoms with Gasteiger partial charge in [0.1, 0.15) is 11.2 Å². The number of hydrogen-bond donors (Lipinski definition) is 0. The number of aromatic nitrogens is 4. The summed E-state index contributed by atoms with van der Waals surface area (Å²) in [6, 6.07) is 63.8. The summed E-state index contributed by atoms with van der Waals surface area (Å²) in [6.07, 6.45) is 0. The molecule has 0 saturated heterocycles. The predicted octanol–water partition coefficient (Wildman–Crippen LogP) is 13.3. The van der Waals surface area contributed by atoms with E-state index in [1.807, 2.05) is 42.5 Å². The standard InChI is InChI=1S/C51H30N4O/c1-2-14-32(15-3-1)49-52-50(36-26-25-31-13-4-5-16-33(31)27-36)54-51(53-49)40-22-12-24-45-48(40)47-39-21-9-8-19-37(39)44(30-46(47)56-45)55-42-23-11-10-20-38(42)41-28-34-17-6-7-18-35(34)29-43(41)55/h1-30H. The Morgan fingerprint density at radius 1 is 0.357 bits per heavy atom. The lowest BCUT2D eigenvalue weighted by Crippen LogP contribution is -2.00. The number of hydrogen-bond acceptors (Lipinski definition) is 4. The zero-order valence-corrected chi connectivity index (χ0v) is 30.0. The molecule has 0 spiro atoms. The van der Waals surface area contributed by atoms with Crippen LogP contribution >= 0.6 is 0 Å². The summed E-state index contributed by atoms with van der Waals surface area (Å²) in [5.41, 5.74) is 7.72.